The van der Waals surface area contributed by atoms with Gasteiger partial charge in [0.25, 0.3) is 5.91 Å². The highest BCUT2D eigenvalue weighted by molar-refractivity contribution is 9.10. The van der Waals surface area contributed by atoms with Gasteiger partial charge in [-0.3, -0.25) is 9.89 Å². The van der Waals surface area contributed by atoms with Crippen LogP contribution in [0.5, 0.6) is 5.75 Å². The number of aromatic amines is 1. The van der Waals surface area contributed by atoms with Crippen molar-refractivity contribution in [3.8, 4) is 17.0 Å². The van der Waals surface area contributed by atoms with Crippen LogP contribution in [0.4, 0.5) is 0 Å². The van der Waals surface area contributed by atoms with Crippen LogP contribution in [0.1, 0.15) is 16.1 Å². The number of hydrazone groups is 1. The van der Waals surface area contributed by atoms with Gasteiger partial charge in [-0.05, 0) is 62.6 Å². The van der Waals surface area contributed by atoms with Crippen LogP contribution in [0.3, 0.4) is 0 Å². The zero-order valence-corrected chi connectivity index (χ0v) is 17.1. The third kappa shape index (κ3) is 4.20. The summed E-state index contributed by atoms with van der Waals surface area (Å²) in [5, 5.41) is 13.3. The lowest BCUT2D eigenvalue weighted by atomic mass is 10.1. The fourth-order valence-electron chi connectivity index (χ4n) is 2.92. The van der Waals surface area contributed by atoms with E-state index in [0.717, 1.165) is 32.1 Å². The smallest absolute Gasteiger partial charge is 0.289 e. The van der Waals surface area contributed by atoms with Crippen LogP contribution in [0.15, 0.2) is 76.3 Å². The van der Waals surface area contributed by atoms with Gasteiger partial charge in [-0.25, -0.2) is 5.43 Å². The summed E-state index contributed by atoms with van der Waals surface area (Å²) in [6.45, 7) is 0. The van der Waals surface area contributed by atoms with Crippen molar-refractivity contribution >= 4 is 38.8 Å². The number of methoxy groups -OCH3 is 1. The first kappa shape index (κ1) is 18.9. The number of nitrogens with zero attached hydrogens (tertiary/aromatic N) is 2. The van der Waals surface area contributed by atoms with Crippen LogP contribution < -0.4 is 10.2 Å². The number of carbonyl (C=O) groups excluding carboxylic acids is 1. The third-order valence-corrected chi connectivity index (χ3v) is 5.04. The topological polar surface area (TPSA) is 79.4 Å². The molecule has 1 amide bonds. The van der Waals surface area contributed by atoms with Gasteiger partial charge in [-0.2, -0.15) is 10.2 Å². The third-order valence-electron chi connectivity index (χ3n) is 4.42. The van der Waals surface area contributed by atoms with Crippen molar-refractivity contribution in [1.29, 1.82) is 0 Å². The predicted molar refractivity (Wildman–Crippen MR) is 117 cm³/mol. The van der Waals surface area contributed by atoms with Gasteiger partial charge in [0.05, 0.1) is 23.5 Å². The van der Waals surface area contributed by atoms with E-state index in [-0.39, 0.29) is 5.91 Å². The molecule has 29 heavy (non-hydrogen) atoms. The average Bonchev–Trinajstić information content (AvgIpc) is 3.24. The summed E-state index contributed by atoms with van der Waals surface area (Å²) in [6, 6.07) is 21.4. The summed E-state index contributed by atoms with van der Waals surface area (Å²) in [5.41, 5.74) is 5.29. The number of nitrogens with one attached hydrogen (secondary N) is 2. The van der Waals surface area contributed by atoms with Crippen molar-refractivity contribution in [2.24, 2.45) is 5.10 Å². The van der Waals surface area contributed by atoms with Crippen LogP contribution in [0, 0.1) is 0 Å². The zero-order valence-electron chi connectivity index (χ0n) is 15.5. The van der Waals surface area contributed by atoms with E-state index in [9.17, 15) is 4.79 Å². The lowest BCUT2D eigenvalue weighted by Crippen LogP contribution is -2.18. The maximum Gasteiger partial charge on any atom is 0.289 e. The van der Waals surface area contributed by atoms with E-state index >= 15 is 0 Å². The first-order valence-corrected chi connectivity index (χ1v) is 9.65. The lowest BCUT2D eigenvalue weighted by Gasteiger charge is -2.03. The van der Waals surface area contributed by atoms with Gasteiger partial charge in [0.2, 0.25) is 0 Å². The van der Waals surface area contributed by atoms with Crippen molar-refractivity contribution in [2.75, 3.05) is 7.11 Å². The Bertz CT molecular complexity index is 1220. The number of hydrogen-bond acceptors (Lipinski definition) is 4. The van der Waals surface area contributed by atoms with E-state index in [1.165, 1.54) is 0 Å². The molecule has 1 heterocycles. The molecule has 0 atom stereocenters. The van der Waals surface area contributed by atoms with Crippen LogP contribution in [-0.4, -0.2) is 29.4 Å². The molecule has 1 aromatic heterocycles. The molecule has 2 N–H and O–H groups in total. The zero-order chi connectivity index (χ0) is 20.2. The first-order chi connectivity index (χ1) is 14.1. The number of amides is 1. The minimum absolute atomic E-state index is 0.334. The molecule has 0 bridgehead atoms. The average molecular weight is 449 g/mol. The van der Waals surface area contributed by atoms with Crippen LogP contribution >= 0.6 is 15.9 Å². The minimum atomic E-state index is -0.367. The molecule has 0 aliphatic heterocycles. The number of rotatable bonds is 5. The quantitative estimate of drug-likeness (QED) is 0.341. The summed E-state index contributed by atoms with van der Waals surface area (Å²) >= 11 is 3.42. The molecule has 144 valence electrons. The van der Waals surface area contributed by atoms with Crippen LogP contribution in [0.2, 0.25) is 0 Å². The predicted octanol–water partition coefficient (Wildman–Crippen LogP) is 4.76. The van der Waals surface area contributed by atoms with Gasteiger partial charge in [0, 0.05) is 5.56 Å². The molecule has 4 rings (SSSR count). The highest BCUT2D eigenvalue weighted by Gasteiger charge is 2.11. The SMILES string of the molecule is COc1ccc(/C=N/NC(=O)c2cc(-c3ccc4ccccc4c3)n[nH]2)cc1Br. The van der Waals surface area contributed by atoms with Gasteiger partial charge in [0.1, 0.15) is 11.4 Å². The van der Waals surface area contributed by atoms with Gasteiger partial charge in [-0.1, -0.05) is 36.4 Å². The summed E-state index contributed by atoms with van der Waals surface area (Å²) in [4.78, 5) is 12.3. The molecule has 0 spiro atoms. The van der Waals surface area contributed by atoms with E-state index in [0.29, 0.717) is 11.4 Å². The molecular weight excluding hydrogens is 432 g/mol. The molecule has 0 saturated heterocycles. The number of hydrogen-bond donors (Lipinski definition) is 2. The number of benzene rings is 3. The number of aromatic nitrogens is 2. The summed E-state index contributed by atoms with van der Waals surface area (Å²) < 4.78 is 6.00. The Labute approximate surface area is 175 Å². The Morgan fingerprint density at radius 2 is 1.93 bits per heavy atom. The van der Waals surface area contributed by atoms with E-state index in [1.54, 1.807) is 19.4 Å². The highest BCUT2D eigenvalue weighted by atomic mass is 79.9. The van der Waals surface area contributed by atoms with Crippen molar-refractivity contribution < 1.29 is 9.53 Å². The Hall–Kier alpha value is -3.45. The monoisotopic (exact) mass is 448 g/mol. The Morgan fingerprint density at radius 1 is 1.10 bits per heavy atom. The summed E-state index contributed by atoms with van der Waals surface area (Å²) in [6.07, 6.45) is 1.56. The van der Waals surface area contributed by atoms with Gasteiger partial charge >= 0.3 is 0 Å². The number of fused-ring (bicyclic) bond motifs is 1. The molecule has 0 fully saturated rings. The van der Waals surface area contributed by atoms with E-state index in [2.05, 4.69) is 42.7 Å². The van der Waals surface area contributed by atoms with Crippen LogP contribution in [0.25, 0.3) is 22.0 Å². The largest absolute Gasteiger partial charge is 0.496 e. The molecule has 0 aliphatic carbocycles. The van der Waals surface area contributed by atoms with Crippen molar-refractivity contribution in [1.82, 2.24) is 15.6 Å². The van der Waals surface area contributed by atoms with Crippen molar-refractivity contribution in [3.63, 3.8) is 0 Å². The highest BCUT2D eigenvalue weighted by Crippen LogP contribution is 2.25. The van der Waals surface area contributed by atoms with Crippen LogP contribution in [-0.2, 0) is 0 Å². The van der Waals surface area contributed by atoms with Crippen molar-refractivity contribution in [2.45, 2.75) is 0 Å². The first-order valence-electron chi connectivity index (χ1n) is 8.85. The van der Waals surface area contributed by atoms with Gasteiger partial charge in [-0.15, -0.1) is 0 Å². The van der Waals surface area contributed by atoms with E-state index in [1.807, 2.05) is 54.6 Å². The molecule has 4 aromatic rings. The number of halogens is 1. The second-order valence-electron chi connectivity index (χ2n) is 6.32. The second-order valence-corrected chi connectivity index (χ2v) is 7.18. The molecule has 6 nitrogen and oxygen atoms in total. The Balaban J connectivity index is 1.46. The van der Waals surface area contributed by atoms with Crippen molar-refractivity contribution in [3.05, 3.63) is 82.5 Å². The number of ether oxygens (including phenoxy) is 1. The van der Waals surface area contributed by atoms with E-state index < -0.39 is 0 Å². The maximum absolute atomic E-state index is 12.3. The second kappa shape index (κ2) is 8.28. The molecule has 7 heteroatoms. The maximum atomic E-state index is 12.3. The summed E-state index contributed by atoms with van der Waals surface area (Å²) in [5.74, 6) is 0.359. The molecular formula is C22H17BrN4O2. The van der Waals surface area contributed by atoms with Gasteiger partial charge < -0.3 is 4.74 Å². The molecule has 3 aromatic carbocycles. The molecule has 0 aliphatic rings. The Morgan fingerprint density at radius 3 is 2.72 bits per heavy atom. The van der Waals surface area contributed by atoms with Gasteiger partial charge in [0.15, 0.2) is 0 Å². The standard InChI is InChI=1S/C22H17BrN4O2/c1-29-21-9-6-14(10-18(21)23)13-24-27-22(28)20-12-19(25-26-20)17-8-7-15-4-2-3-5-16(15)11-17/h2-13H,1H3,(H,25,26)(H,27,28)/b24-13+. The lowest BCUT2D eigenvalue weighted by molar-refractivity contribution is 0.0950. The fourth-order valence-corrected chi connectivity index (χ4v) is 3.48. The minimum Gasteiger partial charge on any atom is -0.496 e. The number of carbonyl (C=O) groups is 1. The fraction of sp³-hybridized carbons (Fsp3) is 0.0455. The van der Waals surface area contributed by atoms with E-state index in [4.69, 9.17) is 4.74 Å². The normalized spacial score (nSPS) is 11.1. The molecule has 0 radical (unpaired) electrons. The number of H-pyrrole nitrogens is 1. The molecule has 0 saturated carbocycles. The Kier molecular flexibility index (Phi) is 5.39. The molecule has 0 unspecified atom stereocenters. The summed E-state index contributed by atoms with van der Waals surface area (Å²) in [7, 11) is 1.60.